The Kier molecular flexibility index (Phi) is 6.23. The summed E-state index contributed by atoms with van der Waals surface area (Å²) in [6, 6.07) is 11.8. The number of allylic oxidation sites excluding steroid dienone is 1. The van der Waals surface area contributed by atoms with E-state index in [1.807, 2.05) is 44.2 Å². The minimum absolute atomic E-state index is 0.0653. The Morgan fingerprint density at radius 1 is 1.17 bits per heavy atom. The average molecular weight is 401 g/mol. The predicted molar refractivity (Wildman–Crippen MR) is 117 cm³/mol. The van der Waals surface area contributed by atoms with Crippen LogP contribution in [0.5, 0.6) is 5.75 Å². The molecule has 0 aliphatic rings. The van der Waals surface area contributed by atoms with E-state index in [0.717, 1.165) is 28.1 Å². The van der Waals surface area contributed by atoms with Crippen molar-refractivity contribution >= 4 is 23.5 Å². The van der Waals surface area contributed by atoms with E-state index in [9.17, 15) is 5.26 Å². The Morgan fingerprint density at radius 2 is 1.90 bits per heavy atom. The third-order valence-electron chi connectivity index (χ3n) is 4.29. The Labute approximate surface area is 175 Å². The van der Waals surface area contributed by atoms with Crippen LogP contribution in [0, 0.1) is 25.2 Å². The van der Waals surface area contributed by atoms with E-state index in [2.05, 4.69) is 26.0 Å². The normalized spacial score (nSPS) is 11.1. The first-order valence-electron chi connectivity index (χ1n) is 9.32. The minimum atomic E-state index is 0.0653. The SMILES string of the molecule is Cc1cc(/C=C(\C#N)c2nc(N)nc(N(C)C)n2)cc(C)c1OCc1ccccn1. The highest BCUT2D eigenvalue weighted by Crippen LogP contribution is 2.27. The summed E-state index contributed by atoms with van der Waals surface area (Å²) < 4.78 is 5.98. The second kappa shape index (κ2) is 9.01. The highest BCUT2D eigenvalue weighted by molar-refractivity contribution is 5.87. The molecule has 2 heterocycles. The van der Waals surface area contributed by atoms with E-state index >= 15 is 0 Å². The van der Waals surface area contributed by atoms with Crippen LogP contribution in [0.1, 0.15) is 28.2 Å². The van der Waals surface area contributed by atoms with E-state index < -0.39 is 0 Å². The van der Waals surface area contributed by atoms with Crippen LogP contribution in [-0.4, -0.2) is 34.0 Å². The molecule has 0 fully saturated rings. The van der Waals surface area contributed by atoms with Crippen LogP contribution in [0.15, 0.2) is 36.5 Å². The number of hydrogen-bond acceptors (Lipinski definition) is 8. The minimum Gasteiger partial charge on any atom is -0.487 e. The van der Waals surface area contributed by atoms with E-state index in [0.29, 0.717) is 18.1 Å². The largest absolute Gasteiger partial charge is 0.487 e. The highest BCUT2D eigenvalue weighted by Gasteiger charge is 2.12. The van der Waals surface area contributed by atoms with Crippen LogP contribution in [0.2, 0.25) is 0 Å². The summed E-state index contributed by atoms with van der Waals surface area (Å²) in [4.78, 5) is 18.5. The maximum Gasteiger partial charge on any atom is 0.230 e. The Hall–Kier alpha value is -3.99. The summed E-state index contributed by atoms with van der Waals surface area (Å²) in [5, 5.41) is 9.66. The van der Waals surface area contributed by atoms with Gasteiger partial charge in [0.2, 0.25) is 11.9 Å². The van der Waals surface area contributed by atoms with E-state index in [1.165, 1.54) is 0 Å². The molecule has 152 valence electrons. The summed E-state index contributed by atoms with van der Waals surface area (Å²) in [6.45, 7) is 4.32. The number of pyridine rings is 1. The zero-order valence-electron chi connectivity index (χ0n) is 17.4. The Balaban J connectivity index is 1.90. The van der Waals surface area contributed by atoms with Gasteiger partial charge in [-0.1, -0.05) is 6.07 Å². The molecule has 0 radical (unpaired) electrons. The van der Waals surface area contributed by atoms with Gasteiger partial charge in [0.15, 0.2) is 5.82 Å². The molecule has 0 spiro atoms. The van der Waals surface area contributed by atoms with Crippen molar-refractivity contribution in [3.05, 3.63) is 64.7 Å². The number of aryl methyl sites for hydroxylation is 2. The smallest absolute Gasteiger partial charge is 0.230 e. The van der Waals surface area contributed by atoms with Crippen molar-refractivity contribution in [2.24, 2.45) is 0 Å². The first-order valence-corrected chi connectivity index (χ1v) is 9.32. The molecule has 0 aliphatic heterocycles. The molecule has 1 aromatic carbocycles. The van der Waals surface area contributed by atoms with Crippen LogP contribution in [0.25, 0.3) is 11.6 Å². The van der Waals surface area contributed by atoms with E-state index in [4.69, 9.17) is 10.5 Å². The van der Waals surface area contributed by atoms with Gasteiger partial charge in [0, 0.05) is 20.3 Å². The molecule has 0 saturated heterocycles. The maximum absolute atomic E-state index is 9.66. The van der Waals surface area contributed by atoms with Gasteiger partial charge in [-0.05, 0) is 60.9 Å². The number of ether oxygens (including phenoxy) is 1. The van der Waals surface area contributed by atoms with Gasteiger partial charge >= 0.3 is 0 Å². The fourth-order valence-electron chi connectivity index (χ4n) is 2.94. The quantitative estimate of drug-likeness (QED) is 0.627. The zero-order chi connectivity index (χ0) is 21.7. The van der Waals surface area contributed by atoms with Gasteiger partial charge in [-0.25, -0.2) is 0 Å². The maximum atomic E-state index is 9.66. The molecule has 8 nitrogen and oxygen atoms in total. The molecule has 0 amide bonds. The number of nitrogens with two attached hydrogens (primary N) is 1. The standard InChI is InChI=1S/C22H23N7O/c1-14-9-16(10-15(2)19(14)30-13-18-7-5-6-8-25-18)11-17(12-23)20-26-21(24)28-22(27-20)29(3)4/h5-11H,13H2,1-4H3,(H2,24,26,27,28)/b17-11+. The molecule has 0 aliphatic carbocycles. The van der Waals surface area contributed by atoms with Crippen LogP contribution in [0.4, 0.5) is 11.9 Å². The number of nitrogens with zero attached hydrogens (tertiary/aromatic N) is 6. The van der Waals surface area contributed by atoms with Gasteiger partial charge in [-0.2, -0.15) is 20.2 Å². The molecule has 0 unspecified atom stereocenters. The lowest BCUT2D eigenvalue weighted by Gasteiger charge is -2.13. The van der Waals surface area contributed by atoms with Crippen LogP contribution in [-0.2, 0) is 6.61 Å². The van der Waals surface area contributed by atoms with Gasteiger partial charge in [0.25, 0.3) is 0 Å². The highest BCUT2D eigenvalue weighted by atomic mass is 16.5. The van der Waals surface area contributed by atoms with E-state index in [1.54, 1.807) is 31.3 Å². The van der Waals surface area contributed by atoms with Gasteiger partial charge in [0.1, 0.15) is 18.4 Å². The van der Waals surface area contributed by atoms with Gasteiger partial charge in [0.05, 0.1) is 11.3 Å². The molecule has 3 rings (SSSR count). The van der Waals surface area contributed by atoms with Crippen molar-refractivity contribution in [1.82, 2.24) is 19.9 Å². The second-order valence-corrected chi connectivity index (χ2v) is 6.98. The monoisotopic (exact) mass is 401 g/mol. The van der Waals surface area contributed by atoms with Crippen molar-refractivity contribution < 1.29 is 4.74 Å². The number of aromatic nitrogens is 4. The van der Waals surface area contributed by atoms with Crippen molar-refractivity contribution in [2.45, 2.75) is 20.5 Å². The molecule has 0 atom stereocenters. The van der Waals surface area contributed by atoms with Crippen LogP contribution in [0.3, 0.4) is 0 Å². The zero-order valence-corrected chi connectivity index (χ0v) is 17.4. The number of benzene rings is 1. The second-order valence-electron chi connectivity index (χ2n) is 6.98. The molecule has 0 bridgehead atoms. The number of rotatable bonds is 6. The molecule has 0 saturated carbocycles. The molecular formula is C22H23N7O. The molecule has 2 N–H and O–H groups in total. The summed E-state index contributed by atoms with van der Waals surface area (Å²) in [5.41, 5.74) is 9.70. The average Bonchev–Trinajstić information content (AvgIpc) is 2.71. The van der Waals surface area contributed by atoms with Crippen molar-refractivity contribution in [1.29, 1.82) is 5.26 Å². The Bertz CT molecular complexity index is 1100. The number of anilines is 2. The number of hydrogen-bond donors (Lipinski definition) is 1. The molecule has 2 aromatic heterocycles. The van der Waals surface area contributed by atoms with Crippen molar-refractivity contribution in [2.75, 3.05) is 24.7 Å². The molecular weight excluding hydrogens is 378 g/mol. The third kappa shape index (κ3) is 4.89. The summed E-state index contributed by atoms with van der Waals surface area (Å²) in [7, 11) is 3.59. The third-order valence-corrected chi connectivity index (χ3v) is 4.29. The number of nitriles is 1. The predicted octanol–water partition coefficient (Wildman–Crippen LogP) is 3.17. The fourth-order valence-corrected chi connectivity index (χ4v) is 2.94. The van der Waals surface area contributed by atoms with Gasteiger partial charge in [-0.3, -0.25) is 4.98 Å². The number of nitrogen functional groups attached to an aromatic ring is 1. The first-order chi connectivity index (χ1) is 14.4. The van der Waals surface area contributed by atoms with Crippen LogP contribution >= 0.6 is 0 Å². The summed E-state index contributed by atoms with van der Waals surface area (Å²) in [6.07, 6.45) is 3.47. The first kappa shape index (κ1) is 20.7. The molecule has 3 aromatic rings. The lowest BCUT2D eigenvalue weighted by Crippen LogP contribution is -2.15. The van der Waals surface area contributed by atoms with Crippen molar-refractivity contribution in [3.63, 3.8) is 0 Å². The fraction of sp³-hybridized carbons (Fsp3) is 0.227. The summed E-state index contributed by atoms with van der Waals surface area (Å²) >= 11 is 0. The summed E-state index contributed by atoms with van der Waals surface area (Å²) in [5.74, 6) is 1.50. The van der Waals surface area contributed by atoms with E-state index in [-0.39, 0.29) is 11.8 Å². The molecule has 8 heteroatoms. The topological polar surface area (TPSA) is 114 Å². The van der Waals surface area contributed by atoms with Crippen LogP contribution < -0.4 is 15.4 Å². The van der Waals surface area contributed by atoms with Crippen molar-refractivity contribution in [3.8, 4) is 11.8 Å². The Morgan fingerprint density at radius 3 is 2.50 bits per heavy atom. The van der Waals surface area contributed by atoms with Gasteiger partial charge < -0.3 is 15.4 Å². The van der Waals surface area contributed by atoms with Gasteiger partial charge in [-0.15, -0.1) is 0 Å². The lowest BCUT2D eigenvalue weighted by atomic mass is 10.0. The molecule has 30 heavy (non-hydrogen) atoms. The lowest BCUT2D eigenvalue weighted by molar-refractivity contribution is 0.297.